The van der Waals surface area contributed by atoms with E-state index in [1.54, 1.807) is 6.07 Å². The van der Waals surface area contributed by atoms with Crippen molar-refractivity contribution in [1.82, 2.24) is 14.7 Å². The van der Waals surface area contributed by atoms with Crippen LogP contribution in [0.3, 0.4) is 0 Å². The van der Waals surface area contributed by atoms with Crippen molar-refractivity contribution < 1.29 is 13.9 Å². The second-order valence-corrected chi connectivity index (χ2v) is 7.48. The first-order chi connectivity index (χ1) is 13.3. The summed E-state index contributed by atoms with van der Waals surface area (Å²) in [4.78, 5) is 2.27. The van der Waals surface area contributed by atoms with Gasteiger partial charge in [0.25, 0.3) is 0 Å². The van der Waals surface area contributed by atoms with Crippen molar-refractivity contribution in [2.45, 2.75) is 57.5 Å². The van der Waals surface area contributed by atoms with Crippen LogP contribution in [0, 0.1) is 5.82 Å². The molecule has 5 nitrogen and oxygen atoms in total. The summed E-state index contributed by atoms with van der Waals surface area (Å²) in [5.41, 5.74) is 1.83. The van der Waals surface area contributed by atoms with Gasteiger partial charge in [-0.3, -0.25) is 4.90 Å². The van der Waals surface area contributed by atoms with Gasteiger partial charge in [-0.25, -0.2) is 9.07 Å². The van der Waals surface area contributed by atoms with Crippen molar-refractivity contribution in [3.8, 4) is 0 Å². The molecule has 2 aliphatic rings. The number of hydrogen-bond acceptors (Lipinski definition) is 4. The van der Waals surface area contributed by atoms with Gasteiger partial charge in [-0.15, -0.1) is 0 Å². The van der Waals surface area contributed by atoms with Crippen LogP contribution in [0.25, 0.3) is 0 Å². The minimum Gasteiger partial charge on any atom is -0.377 e. The number of rotatable bonds is 7. The Labute approximate surface area is 160 Å². The largest absolute Gasteiger partial charge is 0.377 e. The quantitative estimate of drug-likeness (QED) is 0.738. The summed E-state index contributed by atoms with van der Waals surface area (Å²) < 4.78 is 28.0. The van der Waals surface area contributed by atoms with Gasteiger partial charge in [0.05, 0.1) is 11.8 Å². The summed E-state index contributed by atoms with van der Waals surface area (Å²) in [7, 11) is 0. The Hall–Kier alpha value is -1.76. The summed E-state index contributed by atoms with van der Waals surface area (Å²) in [5.74, 6) is -0.154. The standard InChI is InChI=1S/C21H28FN3O2/c22-20-8-2-1-6-17(20)14-24(16-19-7-5-13-26-19)15-18-10-11-23-25(18)21-9-3-4-12-27-21/h1-2,6,8,10-11,19,21H,3-5,7,9,12-16H2/t19-,21-/m1/s1. The highest BCUT2D eigenvalue weighted by Gasteiger charge is 2.23. The van der Waals surface area contributed by atoms with Crippen LogP contribution in [0.1, 0.15) is 49.6 Å². The fourth-order valence-electron chi connectivity index (χ4n) is 4.00. The molecule has 0 amide bonds. The third-order valence-corrected chi connectivity index (χ3v) is 5.40. The van der Waals surface area contributed by atoms with Crippen LogP contribution < -0.4 is 0 Å². The third kappa shape index (κ3) is 4.75. The molecular weight excluding hydrogens is 345 g/mol. The van der Waals surface area contributed by atoms with E-state index in [-0.39, 0.29) is 18.1 Å². The van der Waals surface area contributed by atoms with Crippen LogP contribution in [0.15, 0.2) is 36.5 Å². The monoisotopic (exact) mass is 373 g/mol. The minimum atomic E-state index is -0.154. The molecule has 4 rings (SSSR count). The first-order valence-corrected chi connectivity index (χ1v) is 10.0. The SMILES string of the molecule is Fc1ccccc1CN(Cc1ccnn1[C@H]1CCCCO1)C[C@H]1CCCO1. The van der Waals surface area contributed by atoms with E-state index in [4.69, 9.17) is 9.47 Å². The molecule has 2 aliphatic heterocycles. The molecule has 2 aromatic rings. The second-order valence-electron chi connectivity index (χ2n) is 7.48. The normalized spacial score (nSPS) is 23.2. The van der Waals surface area contributed by atoms with Crippen LogP contribution in [-0.4, -0.2) is 40.5 Å². The average Bonchev–Trinajstić information content (AvgIpc) is 3.36. The number of aromatic nitrogens is 2. The van der Waals surface area contributed by atoms with E-state index in [9.17, 15) is 4.39 Å². The smallest absolute Gasteiger partial charge is 0.150 e. The molecule has 27 heavy (non-hydrogen) atoms. The number of ether oxygens (including phenoxy) is 2. The van der Waals surface area contributed by atoms with Gasteiger partial charge in [0.15, 0.2) is 6.23 Å². The summed E-state index contributed by atoms with van der Waals surface area (Å²) in [6, 6.07) is 9.06. The van der Waals surface area contributed by atoms with E-state index in [0.29, 0.717) is 13.1 Å². The molecule has 0 radical (unpaired) electrons. The number of halogens is 1. The maximum Gasteiger partial charge on any atom is 0.150 e. The van der Waals surface area contributed by atoms with Gasteiger partial charge in [-0.2, -0.15) is 5.10 Å². The molecule has 2 fully saturated rings. The Bertz CT molecular complexity index is 724. The van der Waals surface area contributed by atoms with Crippen molar-refractivity contribution in [1.29, 1.82) is 0 Å². The van der Waals surface area contributed by atoms with Gasteiger partial charge >= 0.3 is 0 Å². The fraction of sp³-hybridized carbons (Fsp3) is 0.571. The molecule has 0 bridgehead atoms. The Balaban J connectivity index is 1.50. The summed E-state index contributed by atoms with van der Waals surface area (Å²) in [5, 5.41) is 4.51. The van der Waals surface area contributed by atoms with Crippen molar-refractivity contribution in [2.24, 2.45) is 0 Å². The molecule has 0 unspecified atom stereocenters. The first-order valence-electron chi connectivity index (χ1n) is 10.0. The maximum atomic E-state index is 14.2. The molecule has 0 saturated carbocycles. The van der Waals surface area contributed by atoms with Crippen LogP contribution in [-0.2, 0) is 22.6 Å². The van der Waals surface area contributed by atoms with Gasteiger partial charge in [-0.1, -0.05) is 18.2 Å². The lowest BCUT2D eigenvalue weighted by atomic mass is 10.1. The third-order valence-electron chi connectivity index (χ3n) is 5.40. The van der Waals surface area contributed by atoms with Gasteiger partial charge in [0, 0.05) is 44.6 Å². The molecule has 1 aromatic carbocycles. The topological polar surface area (TPSA) is 39.5 Å². The molecule has 0 aliphatic carbocycles. The highest BCUT2D eigenvalue weighted by atomic mass is 19.1. The lowest BCUT2D eigenvalue weighted by Crippen LogP contribution is -2.33. The number of benzene rings is 1. The van der Waals surface area contributed by atoms with Crippen LogP contribution in [0.5, 0.6) is 0 Å². The zero-order chi connectivity index (χ0) is 18.5. The highest BCUT2D eigenvalue weighted by Crippen LogP contribution is 2.25. The summed E-state index contributed by atoms with van der Waals surface area (Å²) in [6.45, 7) is 3.67. The zero-order valence-electron chi connectivity index (χ0n) is 15.7. The minimum absolute atomic E-state index is 0.0155. The van der Waals surface area contributed by atoms with Crippen molar-refractivity contribution in [3.05, 3.63) is 53.6 Å². The first kappa shape index (κ1) is 18.6. The van der Waals surface area contributed by atoms with E-state index < -0.39 is 0 Å². The lowest BCUT2D eigenvalue weighted by Gasteiger charge is -2.28. The molecule has 3 heterocycles. The van der Waals surface area contributed by atoms with Crippen molar-refractivity contribution >= 4 is 0 Å². The van der Waals surface area contributed by atoms with E-state index in [1.165, 1.54) is 12.5 Å². The maximum absolute atomic E-state index is 14.2. The van der Waals surface area contributed by atoms with E-state index in [1.807, 2.05) is 29.1 Å². The van der Waals surface area contributed by atoms with Crippen LogP contribution in [0.2, 0.25) is 0 Å². The second kappa shape index (κ2) is 8.95. The Morgan fingerprint density at radius 2 is 1.93 bits per heavy atom. The average molecular weight is 373 g/mol. The molecular formula is C21H28FN3O2. The summed E-state index contributed by atoms with van der Waals surface area (Å²) >= 11 is 0. The van der Waals surface area contributed by atoms with Crippen LogP contribution in [0.4, 0.5) is 4.39 Å². The van der Waals surface area contributed by atoms with Gasteiger partial charge in [-0.05, 0) is 44.2 Å². The van der Waals surface area contributed by atoms with E-state index >= 15 is 0 Å². The number of hydrogen-bond donors (Lipinski definition) is 0. The zero-order valence-corrected chi connectivity index (χ0v) is 15.7. The lowest BCUT2D eigenvalue weighted by molar-refractivity contribution is -0.0424. The predicted octanol–water partition coefficient (Wildman–Crippen LogP) is 3.90. The molecule has 2 atom stereocenters. The van der Waals surface area contributed by atoms with Crippen LogP contribution >= 0.6 is 0 Å². The Morgan fingerprint density at radius 1 is 1.04 bits per heavy atom. The predicted molar refractivity (Wildman–Crippen MR) is 101 cm³/mol. The molecule has 2 saturated heterocycles. The van der Waals surface area contributed by atoms with E-state index in [0.717, 1.165) is 56.7 Å². The Morgan fingerprint density at radius 3 is 2.70 bits per heavy atom. The molecule has 6 heteroatoms. The summed E-state index contributed by atoms with van der Waals surface area (Å²) in [6.07, 6.45) is 7.52. The van der Waals surface area contributed by atoms with Gasteiger partial charge < -0.3 is 9.47 Å². The molecule has 1 aromatic heterocycles. The van der Waals surface area contributed by atoms with E-state index in [2.05, 4.69) is 10.00 Å². The molecule has 0 N–H and O–H groups in total. The molecule has 146 valence electrons. The van der Waals surface area contributed by atoms with Crippen molar-refractivity contribution in [3.63, 3.8) is 0 Å². The van der Waals surface area contributed by atoms with Gasteiger partial charge in [0.2, 0.25) is 0 Å². The molecule has 0 spiro atoms. The highest BCUT2D eigenvalue weighted by molar-refractivity contribution is 5.17. The Kier molecular flexibility index (Phi) is 6.17. The number of nitrogens with zero attached hydrogens (tertiary/aromatic N) is 3. The fourth-order valence-corrected chi connectivity index (χ4v) is 4.00. The van der Waals surface area contributed by atoms with Gasteiger partial charge in [0.1, 0.15) is 5.82 Å². The van der Waals surface area contributed by atoms with Crippen molar-refractivity contribution in [2.75, 3.05) is 19.8 Å².